The van der Waals surface area contributed by atoms with Crippen LogP contribution in [-0.4, -0.2) is 64.8 Å². The largest absolute Gasteiger partial charge is 2.00 e. The number of benzene rings is 8. The number of para-hydroxylation sites is 4. The molecule has 81 heavy (non-hydrogen) atoms. The van der Waals surface area contributed by atoms with Crippen molar-refractivity contribution in [3.8, 4) is 12.1 Å². The van der Waals surface area contributed by atoms with E-state index in [1.807, 2.05) is 0 Å². The first-order valence-electron chi connectivity index (χ1n) is 25.7. The second-order valence-corrected chi connectivity index (χ2v) is 27.7. The summed E-state index contributed by atoms with van der Waals surface area (Å²) in [5.74, 6) is 0. The van der Waals surface area contributed by atoms with Crippen molar-refractivity contribution in [2.45, 2.75) is 13.8 Å². The van der Waals surface area contributed by atoms with E-state index in [1.165, 1.54) is 57.8 Å². The van der Waals surface area contributed by atoms with Gasteiger partial charge in [-0.05, 0) is 97.1 Å². The topological polar surface area (TPSA) is 60.5 Å². The third-order valence-electron chi connectivity index (χ3n) is 12.3. The summed E-state index contributed by atoms with van der Waals surface area (Å²) in [7, 11) is -15.2. The normalized spacial score (nSPS) is 16.9. The molecule has 2 saturated heterocycles. The van der Waals surface area contributed by atoms with Crippen molar-refractivity contribution in [3.05, 3.63) is 243 Å². The summed E-state index contributed by atoms with van der Waals surface area (Å²) < 4.78 is 78.0. The minimum Gasteiger partial charge on any atom is -0.418 e. The monoisotopic (exact) mass is 1270 g/mol. The molecule has 8 aromatic carbocycles. The third-order valence-corrected chi connectivity index (χ3v) is 23.0. The molecule has 0 saturated carbocycles. The Bertz CT molecular complexity index is 2410. The summed E-state index contributed by atoms with van der Waals surface area (Å²) >= 11 is 0. The molecular weight excluding hydrogens is 1210 g/mol. The summed E-state index contributed by atoms with van der Waals surface area (Å²) in [6.07, 6.45) is 9.02. The fourth-order valence-corrected chi connectivity index (χ4v) is 20.4. The van der Waals surface area contributed by atoms with Crippen molar-refractivity contribution < 1.29 is 54.9 Å². The zero-order valence-corrected chi connectivity index (χ0v) is 50.5. The predicted molar refractivity (Wildman–Crippen MR) is 335 cm³/mol. The van der Waals surface area contributed by atoms with Gasteiger partial charge in [-0.25, -0.2) is 0 Å². The minimum absolute atomic E-state index is 0. The van der Waals surface area contributed by atoms with E-state index in [0.717, 1.165) is 50.3 Å². The molecule has 21 heteroatoms. The van der Waals surface area contributed by atoms with Gasteiger partial charge in [-0.15, -0.1) is 0 Å². The SMILES string of the molecule is CC#N.CC#N.F[B-](F)(F)F.F[B-](F)(F)F.[Pd+2].c1ccc(N2C[PH+](c3ccccc3)CN(c3ccccc3)C[PH+](c3ccccc3)C2)cc1.c1ccc(N2C[PH+](c3ccccc3)CN(c3ccccc3)C[PH+](c3ccccc3)C2)cc1. The van der Waals surface area contributed by atoms with Crippen LogP contribution in [0.4, 0.5) is 57.3 Å². The molecule has 0 aromatic heterocycles. The Kier molecular flexibility index (Phi) is 30.3. The Morgan fingerprint density at radius 1 is 0.284 bits per heavy atom. The van der Waals surface area contributed by atoms with Crippen LogP contribution in [0.5, 0.6) is 0 Å². The van der Waals surface area contributed by atoms with Gasteiger partial charge in [-0.2, -0.15) is 10.5 Å². The summed E-state index contributed by atoms with van der Waals surface area (Å²) in [5, 5.41) is 20.7. The molecule has 0 bridgehead atoms. The van der Waals surface area contributed by atoms with E-state index < -0.39 is 46.2 Å². The van der Waals surface area contributed by atoms with Crippen molar-refractivity contribution in [1.29, 1.82) is 10.5 Å². The van der Waals surface area contributed by atoms with Gasteiger partial charge in [0.15, 0.2) is 0 Å². The smallest absolute Gasteiger partial charge is 0.418 e. The molecule has 6 nitrogen and oxygen atoms in total. The predicted octanol–water partition coefficient (Wildman–Crippen LogP) is 15.5. The Morgan fingerprint density at radius 3 is 0.519 bits per heavy atom. The molecule has 0 N–H and O–H groups in total. The molecule has 0 radical (unpaired) electrons. The molecule has 0 aliphatic carbocycles. The maximum absolute atomic E-state index is 9.75. The van der Waals surface area contributed by atoms with Crippen molar-refractivity contribution in [1.82, 2.24) is 0 Å². The molecule has 8 aromatic rings. The number of hydrogen-bond donors (Lipinski definition) is 0. The molecule has 0 spiro atoms. The average Bonchev–Trinajstić information content (AvgIpc) is 3.45. The van der Waals surface area contributed by atoms with Gasteiger partial charge in [0.25, 0.3) is 0 Å². The van der Waals surface area contributed by atoms with Crippen LogP contribution in [0.1, 0.15) is 13.8 Å². The second kappa shape index (κ2) is 36.4. The summed E-state index contributed by atoms with van der Waals surface area (Å²) in [4.78, 5) is 10.7. The standard InChI is InChI=1S/2C28H28N2P2.2C2H3N.2BF4.Pd/c2*1-5-13-25(14-6-1)29-21-31(27-17-9-3-10-18-27)23-30(26-15-7-2-8-16-26)24-32(22-29)28-19-11-4-12-20-28;2*1-2-3;2*2-1(3,4)5;/h2*1-20H,21-24H2;2*1H3;;;/q;;;;2*-1;+2/p+4. The zero-order chi connectivity index (χ0) is 57.6. The average molecular weight is 1280 g/mol. The van der Waals surface area contributed by atoms with Crippen molar-refractivity contribution in [2.24, 2.45) is 0 Å². The molecule has 0 atom stereocenters. The fourth-order valence-electron chi connectivity index (χ4n) is 8.98. The van der Waals surface area contributed by atoms with Crippen LogP contribution in [0, 0.1) is 22.7 Å². The van der Waals surface area contributed by atoms with E-state index in [1.54, 1.807) is 12.1 Å². The van der Waals surface area contributed by atoms with Gasteiger partial charge < -0.3 is 54.1 Å². The summed E-state index contributed by atoms with van der Waals surface area (Å²) in [6.45, 7) is 2.86. The van der Waals surface area contributed by atoms with Gasteiger partial charge in [-0.1, -0.05) is 146 Å². The molecular formula is C60H66B2F8N6P4Pd+4. The van der Waals surface area contributed by atoms with E-state index in [0.29, 0.717) is 0 Å². The van der Waals surface area contributed by atoms with Gasteiger partial charge >= 0.3 is 34.9 Å². The van der Waals surface area contributed by atoms with Crippen LogP contribution in [-0.2, 0) is 20.4 Å². The van der Waals surface area contributed by atoms with Gasteiger partial charge in [0.1, 0.15) is 50.3 Å². The minimum atomic E-state index is -6.00. The molecule has 0 unspecified atom stereocenters. The van der Waals surface area contributed by atoms with Crippen LogP contribution in [0.15, 0.2) is 243 Å². The van der Waals surface area contributed by atoms with E-state index in [4.69, 9.17) is 10.5 Å². The van der Waals surface area contributed by atoms with E-state index in [-0.39, 0.29) is 20.4 Å². The number of nitrogens with zero attached hydrogens (tertiary/aromatic N) is 6. The molecule has 2 heterocycles. The number of halogens is 8. The first kappa shape index (κ1) is 67.4. The number of anilines is 4. The molecule has 2 fully saturated rings. The van der Waals surface area contributed by atoms with Crippen LogP contribution in [0.3, 0.4) is 0 Å². The van der Waals surface area contributed by atoms with Crippen LogP contribution in [0.2, 0.25) is 0 Å². The first-order chi connectivity index (χ1) is 38.6. The van der Waals surface area contributed by atoms with E-state index in [9.17, 15) is 34.5 Å². The molecule has 2 aliphatic heterocycles. The summed E-state index contributed by atoms with van der Waals surface area (Å²) in [6, 6.07) is 92.5. The molecule has 10 rings (SSSR count). The maximum Gasteiger partial charge on any atom is 2.00 e. The van der Waals surface area contributed by atoms with Crippen molar-refractivity contribution in [2.75, 3.05) is 69.9 Å². The Labute approximate surface area is 491 Å². The summed E-state index contributed by atoms with van der Waals surface area (Å²) in [5.41, 5.74) is 5.44. The Hall–Kier alpha value is -6.11. The van der Waals surface area contributed by atoms with Gasteiger partial charge in [-0.3, -0.25) is 0 Å². The van der Waals surface area contributed by atoms with Crippen LogP contribution < -0.4 is 40.8 Å². The number of rotatable bonds is 8. The van der Waals surface area contributed by atoms with E-state index in [2.05, 4.69) is 262 Å². The third kappa shape index (κ3) is 25.7. The van der Waals surface area contributed by atoms with Gasteiger partial charge in [0, 0.05) is 36.6 Å². The van der Waals surface area contributed by atoms with Crippen LogP contribution in [0.25, 0.3) is 0 Å². The van der Waals surface area contributed by atoms with Gasteiger partial charge in [0.05, 0.1) is 65.0 Å². The molecule has 0 amide bonds. The number of hydrogen-bond acceptors (Lipinski definition) is 6. The van der Waals surface area contributed by atoms with Crippen molar-refractivity contribution >= 4 is 90.2 Å². The number of nitriles is 2. The van der Waals surface area contributed by atoms with Gasteiger partial charge in [0.2, 0.25) is 0 Å². The maximum atomic E-state index is 9.75. The van der Waals surface area contributed by atoms with E-state index >= 15 is 0 Å². The van der Waals surface area contributed by atoms with Crippen molar-refractivity contribution in [3.63, 3.8) is 0 Å². The molecule has 424 valence electrons. The second-order valence-electron chi connectivity index (χ2n) is 18.1. The molecule has 2 aliphatic rings. The zero-order valence-electron chi connectivity index (χ0n) is 44.9. The first-order valence-corrected chi connectivity index (χ1v) is 33.4. The quantitative estimate of drug-likeness (QED) is 0.0858. The fraction of sp³-hybridized carbons (Fsp3) is 0.167. The van der Waals surface area contributed by atoms with Crippen LogP contribution >= 0.6 is 31.7 Å². The Morgan fingerprint density at radius 2 is 0.395 bits per heavy atom. The Balaban J connectivity index is 0.000000273.